The molecule has 1 saturated carbocycles. The quantitative estimate of drug-likeness (QED) is 0.881. The SMILES string of the molecule is O=C(NCC(c1ccccc1)C1CCCC1)N1CC(c2ccncc2)C1. The van der Waals surface area contributed by atoms with Crippen LogP contribution in [0.4, 0.5) is 4.79 Å². The van der Waals surface area contributed by atoms with Crippen LogP contribution in [0.25, 0.3) is 0 Å². The Balaban J connectivity index is 1.32. The van der Waals surface area contributed by atoms with Crippen LogP contribution in [0.1, 0.15) is 48.6 Å². The molecular weight excluding hydrogens is 322 g/mol. The van der Waals surface area contributed by atoms with Crippen LogP contribution in [0.15, 0.2) is 54.9 Å². The van der Waals surface area contributed by atoms with Gasteiger partial charge in [-0.15, -0.1) is 0 Å². The molecule has 1 saturated heterocycles. The average molecular weight is 349 g/mol. The first-order valence-electron chi connectivity index (χ1n) is 9.79. The van der Waals surface area contributed by atoms with Crippen molar-refractivity contribution in [3.05, 3.63) is 66.0 Å². The van der Waals surface area contributed by atoms with Crippen LogP contribution < -0.4 is 5.32 Å². The average Bonchev–Trinajstić information content (AvgIpc) is 3.17. The van der Waals surface area contributed by atoms with Crippen molar-refractivity contribution in [2.24, 2.45) is 5.92 Å². The first kappa shape index (κ1) is 17.1. The Hall–Kier alpha value is -2.36. The topological polar surface area (TPSA) is 45.2 Å². The molecule has 0 spiro atoms. The number of rotatable bonds is 5. The number of carbonyl (C=O) groups excluding carboxylic acids is 1. The summed E-state index contributed by atoms with van der Waals surface area (Å²) < 4.78 is 0. The minimum absolute atomic E-state index is 0.0780. The fourth-order valence-electron chi connectivity index (χ4n) is 4.42. The molecule has 26 heavy (non-hydrogen) atoms. The van der Waals surface area contributed by atoms with Gasteiger partial charge < -0.3 is 10.2 Å². The van der Waals surface area contributed by atoms with Crippen LogP contribution in [0, 0.1) is 5.92 Å². The second-order valence-electron chi connectivity index (χ2n) is 7.63. The molecular formula is C22H27N3O. The molecule has 2 aromatic rings. The lowest BCUT2D eigenvalue weighted by atomic mass is 9.85. The number of benzene rings is 1. The Bertz CT molecular complexity index is 707. The maximum atomic E-state index is 12.6. The number of aromatic nitrogens is 1. The Morgan fingerprint density at radius 1 is 1.08 bits per heavy atom. The largest absolute Gasteiger partial charge is 0.337 e. The second kappa shape index (κ2) is 7.90. The predicted octanol–water partition coefficient (Wildman–Crippen LogP) is 4.16. The number of nitrogens with one attached hydrogen (secondary N) is 1. The van der Waals surface area contributed by atoms with Gasteiger partial charge in [-0.2, -0.15) is 0 Å². The minimum Gasteiger partial charge on any atom is -0.337 e. The maximum Gasteiger partial charge on any atom is 0.317 e. The number of hydrogen-bond acceptors (Lipinski definition) is 2. The van der Waals surface area contributed by atoms with Crippen molar-refractivity contribution >= 4 is 6.03 Å². The normalized spacial score (nSPS) is 19.2. The van der Waals surface area contributed by atoms with Gasteiger partial charge in [0.15, 0.2) is 0 Å². The number of urea groups is 1. The van der Waals surface area contributed by atoms with Gasteiger partial charge in [0.1, 0.15) is 0 Å². The summed E-state index contributed by atoms with van der Waals surface area (Å²) in [5.74, 6) is 1.57. The first-order valence-corrected chi connectivity index (χ1v) is 9.79. The lowest BCUT2D eigenvalue weighted by Gasteiger charge is -2.39. The van der Waals surface area contributed by atoms with Crippen molar-refractivity contribution in [2.75, 3.05) is 19.6 Å². The number of carbonyl (C=O) groups is 1. The van der Waals surface area contributed by atoms with Crippen molar-refractivity contribution in [2.45, 2.75) is 37.5 Å². The summed E-state index contributed by atoms with van der Waals surface area (Å²) in [4.78, 5) is 18.5. The fraction of sp³-hybridized carbons (Fsp3) is 0.455. The predicted molar refractivity (Wildman–Crippen MR) is 103 cm³/mol. The fourth-order valence-corrected chi connectivity index (χ4v) is 4.42. The zero-order valence-electron chi connectivity index (χ0n) is 15.2. The molecule has 1 aromatic heterocycles. The Morgan fingerprint density at radius 2 is 1.77 bits per heavy atom. The van der Waals surface area contributed by atoms with E-state index in [0.29, 0.717) is 17.8 Å². The van der Waals surface area contributed by atoms with Crippen molar-refractivity contribution in [1.82, 2.24) is 15.2 Å². The first-order chi connectivity index (χ1) is 12.8. The third kappa shape index (κ3) is 3.74. The highest BCUT2D eigenvalue weighted by Crippen LogP contribution is 2.37. The van der Waals surface area contributed by atoms with E-state index in [9.17, 15) is 4.79 Å². The molecule has 1 N–H and O–H groups in total. The number of amides is 2. The maximum absolute atomic E-state index is 12.6. The van der Waals surface area contributed by atoms with Gasteiger partial charge in [0.2, 0.25) is 0 Å². The molecule has 4 nitrogen and oxygen atoms in total. The van der Waals surface area contributed by atoms with Crippen LogP contribution in [-0.2, 0) is 0 Å². The Kier molecular flexibility index (Phi) is 5.19. The lowest BCUT2D eigenvalue weighted by Crippen LogP contribution is -2.53. The monoisotopic (exact) mass is 349 g/mol. The van der Waals surface area contributed by atoms with Crippen molar-refractivity contribution in [1.29, 1.82) is 0 Å². The third-order valence-corrected chi connectivity index (χ3v) is 6.02. The third-order valence-electron chi connectivity index (χ3n) is 6.02. The molecule has 2 heterocycles. The van der Waals surface area contributed by atoms with Crippen LogP contribution in [0.5, 0.6) is 0 Å². The summed E-state index contributed by atoms with van der Waals surface area (Å²) >= 11 is 0. The summed E-state index contributed by atoms with van der Waals surface area (Å²) in [5.41, 5.74) is 2.63. The summed E-state index contributed by atoms with van der Waals surface area (Å²) in [6.45, 7) is 2.34. The van der Waals surface area contributed by atoms with Crippen LogP contribution in [-0.4, -0.2) is 35.5 Å². The highest BCUT2D eigenvalue weighted by atomic mass is 16.2. The van der Waals surface area contributed by atoms with Crippen molar-refractivity contribution < 1.29 is 4.79 Å². The zero-order chi connectivity index (χ0) is 17.8. The van der Waals surface area contributed by atoms with E-state index in [1.54, 1.807) is 0 Å². The van der Waals surface area contributed by atoms with Gasteiger partial charge in [-0.3, -0.25) is 4.98 Å². The van der Waals surface area contributed by atoms with Crippen LogP contribution >= 0.6 is 0 Å². The van der Waals surface area contributed by atoms with E-state index in [0.717, 1.165) is 19.6 Å². The minimum atomic E-state index is 0.0780. The molecule has 2 fully saturated rings. The molecule has 1 aliphatic heterocycles. The molecule has 1 aliphatic carbocycles. The molecule has 2 aliphatic rings. The second-order valence-corrected chi connectivity index (χ2v) is 7.63. The molecule has 2 amide bonds. The molecule has 0 radical (unpaired) electrons. The van der Waals surface area contributed by atoms with E-state index < -0.39 is 0 Å². The van der Waals surface area contributed by atoms with Gasteiger partial charge in [0.25, 0.3) is 0 Å². The Morgan fingerprint density at radius 3 is 2.46 bits per heavy atom. The molecule has 0 bridgehead atoms. The van der Waals surface area contributed by atoms with Gasteiger partial charge in [0, 0.05) is 43.9 Å². The highest BCUT2D eigenvalue weighted by Gasteiger charge is 2.33. The summed E-state index contributed by atoms with van der Waals surface area (Å²) in [7, 11) is 0. The van der Waals surface area contributed by atoms with Gasteiger partial charge in [-0.25, -0.2) is 4.79 Å². The molecule has 1 aromatic carbocycles. The van der Waals surface area contributed by atoms with Crippen LogP contribution in [0.2, 0.25) is 0 Å². The van der Waals surface area contributed by atoms with Gasteiger partial charge in [-0.1, -0.05) is 43.2 Å². The van der Waals surface area contributed by atoms with Gasteiger partial charge in [-0.05, 0) is 42.0 Å². The molecule has 1 unspecified atom stereocenters. The Labute approximate surface area is 155 Å². The van der Waals surface area contributed by atoms with Gasteiger partial charge in [0.05, 0.1) is 0 Å². The highest BCUT2D eigenvalue weighted by molar-refractivity contribution is 5.75. The van der Waals surface area contributed by atoms with Crippen LogP contribution in [0.3, 0.4) is 0 Å². The summed E-state index contributed by atoms with van der Waals surface area (Å²) in [6.07, 6.45) is 8.85. The molecule has 4 heteroatoms. The summed E-state index contributed by atoms with van der Waals surface area (Å²) in [5, 5.41) is 3.21. The number of likely N-dealkylation sites (tertiary alicyclic amines) is 1. The van der Waals surface area contributed by atoms with E-state index >= 15 is 0 Å². The van der Waals surface area contributed by atoms with Crippen molar-refractivity contribution in [3.8, 4) is 0 Å². The van der Waals surface area contributed by atoms with Crippen molar-refractivity contribution in [3.63, 3.8) is 0 Å². The smallest absolute Gasteiger partial charge is 0.317 e. The van der Waals surface area contributed by atoms with Gasteiger partial charge >= 0.3 is 6.03 Å². The van der Waals surface area contributed by atoms with E-state index in [1.807, 2.05) is 29.4 Å². The number of hydrogen-bond donors (Lipinski definition) is 1. The zero-order valence-corrected chi connectivity index (χ0v) is 15.2. The number of pyridine rings is 1. The molecule has 4 rings (SSSR count). The molecule has 136 valence electrons. The van der Waals surface area contributed by atoms with E-state index in [-0.39, 0.29) is 6.03 Å². The molecule has 1 atom stereocenters. The van der Waals surface area contributed by atoms with E-state index in [4.69, 9.17) is 0 Å². The number of nitrogens with zero attached hydrogens (tertiary/aromatic N) is 2. The summed E-state index contributed by atoms with van der Waals surface area (Å²) in [6, 6.07) is 14.9. The van der Waals surface area contributed by atoms with E-state index in [1.165, 1.54) is 36.8 Å². The lowest BCUT2D eigenvalue weighted by molar-refractivity contribution is 0.150. The van der Waals surface area contributed by atoms with E-state index in [2.05, 4.69) is 40.6 Å². The standard InChI is InChI=1S/C22H27N3O/c26-22(25-15-20(16-25)17-10-12-23-13-11-17)24-14-21(19-8-4-5-9-19)18-6-2-1-3-7-18/h1-3,6-7,10-13,19-21H,4-5,8-9,14-16H2,(H,24,26).